The van der Waals surface area contributed by atoms with Crippen LogP contribution in [0.2, 0.25) is 0 Å². The Bertz CT molecular complexity index is 186. The Morgan fingerprint density at radius 2 is 1.35 bits per heavy atom. The molecule has 1 rings (SSSR count). The molecule has 1 saturated carbocycles. The summed E-state index contributed by atoms with van der Waals surface area (Å²) in [5.41, 5.74) is 6.46. The van der Waals surface area contributed by atoms with Crippen LogP contribution in [0.25, 0.3) is 0 Å². The van der Waals surface area contributed by atoms with Crippen molar-refractivity contribution in [1.82, 2.24) is 0 Å². The van der Waals surface area contributed by atoms with Crippen LogP contribution in [-0.2, 0) is 0 Å². The zero-order valence-corrected chi connectivity index (χ0v) is 12.1. The number of nitrogens with two attached hydrogens (primary N) is 1. The van der Waals surface area contributed by atoms with Crippen LogP contribution in [0.3, 0.4) is 0 Å². The maximum absolute atomic E-state index is 6.35. The highest BCUT2D eigenvalue weighted by Gasteiger charge is 2.17. The van der Waals surface area contributed by atoms with Gasteiger partial charge in [-0.3, -0.25) is 0 Å². The molecule has 0 aromatic rings. The molecular weight excluding hydrogens is 206 g/mol. The maximum Gasteiger partial charge on any atom is 0.0125 e. The fourth-order valence-corrected chi connectivity index (χ4v) is 3.13. The lowest BCUT2D eigenvalue weighted by atomic mass is 9.89. The van der Waals surface area contributed by atoms with Crippen LogP contribution in [0.4, 0.5) is 0 Å². The van der Waals surface area contributed by atoms with Crippen LogP contribution in [0.1, 0.15) is 90.9 Å². The average Bonchev–Trinajstić information content (AvgIpc) is 2.30. The van der Waals surface area contributed by atoms with Gasteiger partial charge in [0.05, 0.1) is 0 Å². The number of rotatable bonds is 1. The molecule has 1 heteroatoms. The van der Waals surface area contributed by atoms with Gasteiger partial charge in [0.2, 0.25) is 0 Å². The van der Waals surface area contributed by atoms with Crippen molar-refractivity contribution in [3.63, 3.8) is 0 Å². The lowest BCUT2D eigenvalue weighted by Crippen LogP contribution is -2.35. The lowest BCUT2D eigenvalue weighted by molar-refractivity contribution is 0.365. The van der Waals surface area contributed by atoms with Gasteiger partial charge in [-0.1, -0.05) is 71.1 Å². The Hall–Kier alpha value is -0.0400. The molecule has 0 aliphatic heterocycles. The average molecular weight is 239 g/mol. The van der Waals surface area contributed by atoms with Crippen LogP contribution in [0.5, 0.6) is 0 Å². The van der Waals surface area contributed by atoms with Gasteiger partial charge in [-0.25, -0.2) is 0 Å². The van der Waals surface area contributed by atoms with Crippen LogP contribution in [0.15, 0.2) is 0 Å². The summed E-state index contributed by atoms with van der Waals surface area (Å²) in [4.78, 5) is 0. The van der Waals surface area contributed by atoms with Crippen molar-refractivity contribution in [2.75, 3.05) is 0 Å². The highest BCUT2D eigenvalue weighted by Crippen LogP contribution is 2.25. The maximum atomic E-state index is 6.35. The van der Waals surface area contributed by atoms with Gasteiger partial charge in [-0.05, 0) is 25.7 Å². The van der Waals surface area contributed by atoms with Crippen molar-refractivity contribution in [2.24, 2.45) is 11.7 Å². The van der Waals surface area contributed by atoms with Crippen molar-refractivity contribution in [3.8, 4) is 0 Å². The summed E-state index contributed by atoms with van der Waals surface area (Å²) in [6.45, 7) is 4.61. The molecule has 2 unspecified atom stereocenters. The summed E-state index contributed by atoms with van der Waals surface area (Å²) < 4.78 is 0. The summed E-state index contributed by atoms with van der Waals surface area (Å²) in [7, 11) is 0. The molecule has 2 N–H and O–H groups in total. The van der Waals surface area contributed by atoms with E-state index in [1.807, 2.05) is 0 Å². The molecule has 0 saturated heterocycles. The molecule has 0 bridgehead atoms. The monoisotopic (exact) mass is 239 g/mol. The van der Waals surface area contributed by atoms with Gasteiger partial charge >= 0.3 is 0 Å². The Morgan fingerprint density at radius 1 is 0.882 bits per heavy atom. The fourth-order valence-electron chi connectivity index (χ4n) is 3.13. The van der Waals surface area contributed by atoms with E-state index in [9.17, 15) is 0 Å². The highest BCUT2D eigenvalue weighted by atomic mass is 14.7. The van der Waals surface area contributed by atoms with E-state index in [0.29, 0.717) is 0 Å². The third-order valence-corrected chi connectivity index (χ3v) is 4.55. The molecule has 0 spiro atoms. The van der Waals surface area contributed by atoms with Gasteiger partial charge in [0.25, 0.3) is 0 Å². The van der Waals surface area contributed by atoms with Crippen molar-refractivity contribution >= 4 is 0 Å². The molecule has 0 amide bonds. The standard InChI is InChI=1S/C16H33N/c1-3-15-11-7-4-5-9-13-16(2,17)14-10-6-8-12-15/h15H,3-14,17H2,1-2H3. The summed E-state index contributed by atoms with van der Waals surface area (Å²) in [6.07, 6.45) is 16.5. The molecule has 102 valence electrons. The molecule has 1 fully saturated rings. The molecule has 1 nitrogen and oxygen atoms in total. The van der Waals surface area contributed by atoms with E-state index in [4.69, 9.17) is 5.73 Å². The van der Waals surface area contributed by atoms with Crippen molar-refractivity contribution in [1.29, 1.82) is 0 Å². The van der Waals surface area contributed by atoms with E-state index in [-0.39, 0.29) is 5.54 Å². The van der Waals surface area contributed by atoms with E-state index < -0.39 is 0 Å². The van der Waals surface area contributed by atoms with Gasteiger partial charge in [-0.15, -0.1) is 0 Å². The second-order valence-corrected chi connectivity index (χ2v) is 6.48. The van der Waals surface area contributed by atoms with E-state index in [2.05, 4.69) is 13.8 Å². The Kier molecular flexibility index (Phi) is 7.18. The molecular formula is C16H33N. The zero-order chi connectivity index (χ0) is 12.6. The second kappa shape index (κ2) is 8.13. The van der Waals surface area contributed by atoms with E-state index in [1.165, 1.54) is 77.0 Å². The summed E-state index contributed by atoms with van der Waals surface area (Å²) in [5, 5.41) is 0. The predicted molar refractivity (Wildman–Crippen MR) is 77.2 cm³/mol. The molecule has 0 aromatic carbocycles. The lowest BCUT2D eigenvalue weighted by Gasteiger charge is -2.24. The minimum atomic E-state index is 0.109. The first kappa shape index (κ1) is 15.0. The first-order valence-electron chi connectivity index (χ1n) is 7.93. The van der Waals surface area contributed by atoms with E-state index in [0.717, 1.165) is 5.92 Å². The third-order valence-electron chi connectivity index (χ3n) is 4.55. The second-order valence-electron chi connectivity index (χ2n) is 6.48. The third kappa shape index (κ3) is 7.08. The van der Waals surface area contributed by atoms with E-state index in [1.54, 1.807) is 0 Å². The molecule has 0 heterocycles. The Labute approximate surface area is 109 Å². The first-order chi connectivity index (χ1) is 8.14. The van der Waals surface area contributed by atoms with E-state index >= 15 is 0 Å². The minimum absolute atomic E-state index is 0.109. The first-order valence-corrected chi connectivity index (χ1v) is 7.93. The minimum Gasteiger partial charge on any atom is -0.325 e. The fraction of sp³-hybridized carbons (Fsp3) is 1.00. The quantitative estimate of drug-likeness (QED) is 0.682. The number of hydrogen-bond acceptors (Lipinski definition) is 1. The van der Waals surface area contributed by atoms with Gasteiger partial charge in [-0.2, -0.15) is 0 Å². The zero-order valence-electron chi connectivity index (χ0n) is 12.1. The SMILES string of the molecule is CCC1CCCCCCC(C)(N)CCCCC1. The topological polar surface area (TPSA) is 26.0 Å². The van der Waals surface area contributed by atoms with Crippen molar-refractivity contribution < 1.29 is 0 Å². The Morgan fingerprint density at radius 3 is 1.88 bits per heavy atom. The normalized spacial score (nSPS) is 34.4. The molecule has 17 heavy (non-hydrogen) atoms. The molecule has 2 atom stereocenters. The summed E-state index contributed by atoms with van der Waals surface area (Å²) in [6, 6.07) is 0. The van der Waals surface area contributed by atoms with Crippen LogP contribution in [-0.4, -0.2) is 5.54 Å². The van der Waals surface area contributed by atoms with Crippen LogP contribution in [0, 0.1) is 5.92 Å². The van der Waals surface area contributed by atoms with Gasteiger partial charge in [0.1, 0.15) is 0 Å². The van der Waals surface area contributed by atoms with Crippen LogP contribution >= 0.6 is 0 Å². The smallest absolute Gasteiger partial charge is 0.0125 e. The summed E-state index contributed by atoms with van der Waals surface area (Å²) >= 11 is 0. The Balaban J connectivity index is 2.34. The largest absolute Gasteiger partial charge is 0.325 e. The van der Waals surface area contributed by atoms with Gasteiger partial charge in [0.15, 0.2) is 0 Å². The summed E-state index contributed by atoms with van der Waals surface area (Å²) in [5.74, 6) is 1.00. The van der Waals surface area contributed by atoms with Crippen molar-refractivity contribution in [3.05, 3.63) is 0 Å². The molecule has 0 radical (unpaired) electrons. The van der Waals surface area contributed by atoms with Crippen molar-refractivity contribution in [2.45, 2.75) is 96.4 Å². The molecule has 0 aromatic heterocycles. The molecule has 1 aliphatic carbocycles. The van der Waals surface area contributed by atoms with Gasteiger partial charge < -0.3 is 5.73 Å². The molecule has 1 aliphatic rings. The number of hydrogen-bond donors (Lipinski definition) is 1. The van der Waals surface area contributed by atoms with Crippen LogP contribution < -0.4 is 5.73 Å². The van der Waals surface area contributed by atoms with Gasteiger partial charge in [0, 0.05) is 5.54 Å². The predicted octanol–water partition coefficient (Wildman–Crippen LogP) is 5.03. The highest BCUT2D eigenvalue weighted by molar-refractivity contribution is 4.78.